The van der Waals surface area contributed by atoms with Gasteiger partial charge in [-0.15, -0.1) is 0 Å². The number of anilines is 1. The van der Waals surface area contributed by atoms with Crippen LogP contribution in [0, 0.1) is 19.8 Å². The van der Waals surface area contributed by atoms with Gasteiger partial charge in [-0.25, -0.2) is 0 Å². The van der Waals surface area contributed by atoms with Crippen LogP contribution in [0.4, 0.5) is 5.69 Å². The monoisotopic (exact) mass is 235 g/mol. The van der Waals surface area contributed by atoms with E-state index in [9.17, 15) is 9.90 Å². The molecule has 0 aliphatic heterocycles. The number of aliphatic hydroxyl groups is 1. The van der Waals surface area contributed by atoms with E-state index in [2.05, 4.69) is 5.32 Å². The van der Waals surface area contributed by atoms with Crippen LogP contribution < -0.4 is 5.32 Å². The van der Waals surface area contributed by atoms with Crippen molar-refractivity contribution >= 4 is 11.6 Å². The summed E-state index contributed by atoms with van der Waals surface area (Å²) >= 11 is 0. The SMILES string of the molecule is Cc1ccc(NC(=O)CC(O)C(C)C)cc1C. The number of rotatable bonds is 4. The first kappa shape index (κ1) is 13.7. The van der Waals surface area contributed by atoms with Gasteiger partial charge in [0, 0.05) is 5.69 Å². The van der Waals surface area contributed by atoms with Crippen molar-refractivity contribution in [3.63, 3.8) is 0 Å². The molecule has 0 spiro atoms. The molecule has 0 saturated carbocycles. The fourth-order valence-electron chi connectivity index (χ4n) is 1.46. The lowest BCUT2D eigenvalue weighted by Crippen LogP contribution is -2.23. The first-order chi connectivity index (χ1) is 7.90. The number of carbonyl (C=O) groups is 1. The largest absolute Gasteiger partial charge is 0.392 e. The Morgan fingerprint density at radius 1 is 1.29 bits per heavy atom. The van der Waals surface area contributed by atoms with Crippen molar-refractivity contribution in [1.29, 1.82) is 0 Å². The molecule has 1 unspecified atom stereocenters. The number of amides is 1. The van der Waals surface area contributed by atoms with Gasteiger partial charge in [-0.05, 0) is 43.0 Å². The van der Waals surface area contributed by atoms with Crippen LogP contribution >= 0.6 is 0 Å². The highest BCUT2D eigenvalue weighted by Gasteiger charge is 2.14. The molecule has 0 saturated heterocycles. The van der Waals surface area contributed by atoms with E-state index in [0.29, 0.717) is 0 Å². The normalized spacial score (nSPS) is 12.6. The Labute approximate surface area is 103 Å². The number of carbonyl (C=O) groups excluding carboxylic acids is 1. The second-order valence-corrected chi connectivity index (χ2v) is 4.86. The first-order valence-electron chi connectivity index (χ1n) is 5.95. The van der Waals surface area contributed by atoms with Crippen LogP contribution in [0.2, 0.25) is 0 Å². The van der Waals surface area contributed by atoms with Gasteiger partial charge < -0.3 is 10.4 Å². The summed E-state index contributed by atoms with van der Waals surface area (Å²) in [5.41, 5.74) is 3.13. The highest BCUT2D eigenvalue weighted by Crippen LogP contribution is 2.15. The van der Waals surface area contributed by atoms with E-state index < -0.39 is 6.10 Å². The molecule has 0 heterocycles. The summed E-state index contributed by atoms with van der Waals surface area (Å²) in [5, 5.41) is 12.4. The molecule has 2 N–H and O–H groups in total. The molecule has 1 amide bonds. The number of aliphatic hydroxyl groups excluding tert-OH is 1. The minimum absolute atomic E-state index is 0.0977. The van der Waals surface area contributed by atoms with Crippen molar-refractivity contribution in [2.24, 2.45) is 5.92 Å². The second-order valence-electron chi connectivity index (χ2n) is 4.86. The molecule has 0 bridgehead atoms. The Hall–Kier alpha value is -1.35. The molecule has 0 aromatic heterocycles. The fraction of sp³-hybridized carbons (Fsp3) is 0.500. The highest BCUT2D eigenvalue weighted by atomic mass is 16.3. The lowest BCUT2D eigenvalue weighted by atomic mass is 10.0. The molecule has 1 atom stereocenters. The summed E-state index contributed by atoms with van der Waals surface area (Å²) < 4.78 is 0. The fourth-order valence-corrected chi connectivity index (χ4v) is 1.46. The van der Waals surface area contributed by atoms with Crippen LogP contribution in [0.5, 0.6) is 0 Å². The summed E-state index contributed by atoms with van der Waals surface area (Å²) in [7, 11) is 0. The van der Waals surface area contributed by atoms with Gasteiger partial charge in [0.2, 0.25) is 5.91 Å². The third-order valence-corrected chi connectivity index (χ3v) is 2.95. The average molecular weight is 235 g/mol. The molecule has 0 radical (unpaired) electrons. The molecule has 3 heteroatoms. The van der Waals surface area contributed by atoms with Crippen LogP contribution in [0.3, 0.4) is 0 Å². The smallest absolute Gasteiger partial charge is 0.226 e. The van der Waals surface area contributed by atoms with E-state index in [1.807, 2.05) is 45.9 Å². The first-order valence-corrected chi connectivity index (χ1v) is 5.95. The number of hydrogen-bond acceptors (Lipinski definition) is 2. The predicted octanol–water partition coefficient (Wildman–Crippen LogP) is 2.65. The molecular weight excluding hydrogens is 214 g/mol. The molecule has 0 aliphatic carbocycles. The zero-order valence-electron chi connectivity index (χ0n) is 10.9. The van der Waals surface area contributed by atoms with Gasteiger partial charge in [0.15, 0.2) is 0 Å². The van der Waals surface area contributed by atoms with E-state index >= 15 is 0 Å². The van der Waals surface area contributed by atoms with Crippen LogP contribution in [0.1, 0.15) is 31.4 Å². The third kappa shape index (κ3) is 4.19. The van der Waals surface area contributed by atoms with Crippen molar-refractivity contribution in [2.45, 2.75) is 40.2 Å². The van der Waals surface area contributed by atoms with E-state index in [1.165, 1.54) is 5.56 Å². The number of benzene rings is 1. The Morgan fingerprint density at radius 3 is 2.47 bits per heavy atom. The molecule has 1 rings (SSSR count). The van der Waals surface area contributed by atoms with Gasteiger partial charge in [-0.3, -0.25) is 4.79 Å². The number of aryl methyl sites for hydroxylation is 2. The number of hydrogen-bond donors (Lipinski definition) is 2. The third-order valence-electron chi connectivity index (χ3n) is 2.95. The van der Waals surface area contributed by atoms with Gasteiger partial charge in [-0.1, -0.05) is 19.9 Å². The minimum Gasteiger partial charge on any atom is -0.392 e. The van der Waals surface area contributed by atoms with Gasteiger partial charge in [-0.2, -0.15) is 0 Å². The molecule has 0 aliphatic rings. The highest BCUT2D eigenvalue weighted by molar-refractivity contribution is 5.91. The van der Waals surface area contributed by atoms with E-state index in [4.69, 9.17) is 0 Å². The van der Waals surface area contributed by atoms with Crippen molar-refractivity contribution in [3.8, 4) is 0 Å². The number of nitrogens with one attached hydrogen (secondary N) is 1. The van der Waals surface area contributed by atoms with Gasteiger partial charge >= 0.3 is 0 Å². The second kappa shape index (κ2) is 5.82. The zero-order chi connectivity index (χ0) is 13.0. The summed E-state index contributed by atoms with van der Waals surface area (Å²) in [6.07, 6.45) is -0.438. The van der Waals surface area contributed by atoms with Crippen molar-refractivity contribution in [1.82, 2.24) is 0 Å². The summed E-state index contributed by atoms with van der Waals surface area (Å²) in [6, 6.07) is 5.79. The molecule has 94 valence electrons. The van der Waals surface area contributed by atoms with Gasteiger partial charge in [0.1, 0.15) is 0 Å². The minimum atomic E-state index is -0.582. The van der Waals surface area contributed by atoms with Gasteiger partial charge in [0.25, 0.3) is 0 Å². The van der Waals surface area contributed by atoms with E-state index in [0.717, 1.165) is 11.3 Å². The quantitative estimate of drug-likeness (QED) is 0.843. The standard InChI is InChI=1S/C14H21NO2/c1-9(2)13(16)8-14(17)15-12-6-5-10(3)11(4)7-12/h5-7,9,13,16H,8H2,1-4H3,(H,15,17). The summed E-state index contributed by atoms with van der Waals surface area (Å²) in [6.45, 7) is 7.83. The van der Waals surface area contributed by atoms with E-state index in [-0.39, 0.29) is 18.2 Å². The molecule has 3 nitrogen and oxygen atoms in total. The van der Waals surface area contributed by atoms with Crippen LogP contribution in [-0.4, -0.2) is 17.1 Å². The van der Waals surface area contributed by atoms with Crippen molar-refractivity contribution < 1.29 is 9.90 Å². The molecular formula is C14H21NO2. The molecule has 1 aromatic rings. The van der Waals surface area contributed by atoms with Crippen molar-refractivity contribution in [3.05, 3.63) is 29.3 Å². The van der Waals surface area contributed by atoms with E-state index in [1.54, 1.807) is 0 Å². The molecule has 1 aromatic carbocycles. The average Bonchev–Trinajstić information content (AvgIpc) is 2.23. The Bertz CT molecular complexity index is 399. The summed E-state index contributed by atoms with van der Waals surface area (Å²) in [4.78, 5) is 11.7. The van der Waals surface area contributed by atoms with Crippen LogP contribution in [0.25, 0.3) is 0 Å². The molecule has 17 heavy (non-hydrogen) atoms. The lowest BCUT2D eigenvalue weighted by Gasteiger charge is -2.14. The predicted molar refractivity (Wildman–Crippen MR) is 70.0 cm³/mol. The van der Waals surface area contributed by atoms with Gasteiger partial charge in [0.05, 0.1) is 12.5 Å². The van der Waals surface area contributed by atoms with Crippen LogP contribution in [-0.2, 0) is 4.79 Å². The Balaban J connectivity index is 2.59. The summed E-state index contributed by atoms with van der Waals surface area (Å²) in [5.74, 6) is -0.0463. The topological polar surface area (TPSA) is 49.3 Å². The van der Waals surface area contributed by atoms with Crippen LogP contribution in [0.15, 0.2) is 18.2 Å². The Morgan fingerprint density at radius 2 is 1.94 bits per heavy atom. The lowest BCUT2D eigenvalue weighted by molar-refractivity contribution is -0.118. The maximum absolute atomic E-state index is 11.7. The Kier molecular flexibility index (Phi) is 4.70. The zero-order valence-corrected chi connectivity index (χ0v) is 10.9. The maximum atomic E-state index is 11.7. The maximum Gasteiger partial charge on any atom is 0.226 e. The van der Waals surface area contributed by atoms with Crippen molar-refractivity contribution in [2.75, 3.05) is 5.32 Å². The molecule has 0 fully saturated rings.